The molecule has 0 aliphatic rings. The summed E-state index contributed by atoms with van der Waals surface area (Å²) in [7, 11) is 1.59. The second kappa shape index (κ2) is 7.13. The molecule has 1 N–H and O–H groups in total. The largest absolute Gasteiger partial charge is 0.497 e. The molecule has 0 saturated carbocycles. The molecule has 0 saturated heterocycles. The number of ether oxygens (including phenoxy) is 1. The monoisotopic (exact) mass is 377 g/mol. The molecule has 1 aromatic heterocycles. The van der Waals surface area contributed by atoms with Crippen LogP contribution in [-0.2, 0) is 6.54 Å². The van der Waals surface area contributed by atoms with Crippen molar-refractivity contribution in [3.8, 4) is 17.0 Å². The zero-order chi connectivity index (χ0) is 18.0. The van der Waals surface area contributed by atoms with Crippen molar-refractivity contribution in [2.24, 2.45) is 0 Å². The average molecular weight is 378 g/mol. The van der Waals surface area contributed by atoms with Crippen molar-refractivity contribution < 1.29 is 14.6 Å². The molecule has 0 aliphatic carbocycles. The summed E-state index contributed by atoms with van der Waals surface area (Å²) in [6, 6.07) is 12.3. The third-order valence-electron chi connectivity index (χ3n) is 3.62. The maximum absolute atomic E-state index is 11.5. The number of carbonyl (C=O) groups is 1. The van der Waals surface area contributed by atoms with Gasteiger partial charge in [-0.15, -0.1) is 5.10 Å². The van der Waals surface area contributed by atoms with E-state index in [0.29, 0.717) is 27.8 Å². The number of benzene rings is 2. The number of halogens is 2. The Morgan fingerprint density at radius 1 is 1.16 bits per heavy atom. The number of aromatic carboxylic acids is 1. The molecule has 0 radical (unpaired) electrons. The van der Waals surface area contributed by atoms with E-state index in [-0.39, 0.29) is 5.69 Å². The van der Waals surface area contributed by atoms with Gasteiger partial charge < -0.3 is 9.84 Å². The summed E-state index contributed by atoms with van der Waals surface area (Å²) in [6.45, 7) is 0.347. The minimum absolute atomic E-state index is 0.146. The van der Waals surface area contributed by atoms with Crippen LogP contribution in [0.15, 0.2) is 42.5 Å². The summed E-state index contributed by atoms with van der Waals surface area (Å²) in [5.41, 5.74) is 1.71. The maximum atomic E-state index is 11.5. The van der Waals surface area contributed by atoms with E-state index in [2.05, 4.69) is 10.3 Å². The van der Waals surface area contributed by atoms with Gasteiger partial charge >= 0.3 is 5.97 Å². The van der Waals surface area contributed by atoms with Gasteiger partial charge in [-0.25, -0.2) is 9.48 Å². The zero-order valence-electron chi connectivity index (χ0n) is 13.1. The van der Waals surface area contributed by atoms with Crippen LogP contribution in [-0.4, -0.2) is 33.2 Å². The first-order valence-electron chi connectivity index (χ1n) is 7.24. The summed E-state index contributed by atoms with van der Waals surface area (Å²) in [5, 5.41) is 17.9. The van der Waals surface area contributed by atoms with Crippen molar-refractivity contribution in [3.05, 3.63) is 63.8 Å². The van der Waals surface area contributed by atoms with Crippen LogP contribution in [0.25, 0.3) is 11.3 Å². The molecule has 0 bridgehead atoms. The molecule has 0 fully saturated rings. The molecule has 8 heteroatoms. The summed E-state index contributed by atoms with van der Waals surface area (Å²) >= 11 is 12.0. The summed E-state index contributed by atoms with van der Waals surface area (Å²) in [5.74, 6) is -0.430. The fourth-order valence-electron chi connectivity index (χ4n) is 2.40. The Hall–Kier alpha value is -2.57. The molecule has 0 aliphatic heterocycles. The average Bonchev–Trinajstić information content (AvgIpc) is 3.02. The third-order valence-corrected chi connectivity index (χ3v) is 4.36. The Balaban J connectivity index is 2.04. The van der Waals surface area contributed by atoms with E-state index in [9.17, 15) is 9.90 Å². The predicted octanol–water partition coefficient (Wildman–Crippen LogP) is 4.01. The van der Waals surface area contributed by atoms with Gasteiger partial charge in [0, 0.05) is 5.56 Å². The van der Waals surface area contributed by atoms with Crippen LogP contribution in [0, 0.1) is 0 Å². The SMILES string of the molecule is COc1ccc(Cn2nnc(C(=O)O)c2-c2ccc(Cl)c(Cl)c2)cc1. The Kier molecular flexibility index (Phi) is 4.92. The zero-order valence-corrected chi connectivity index (χ0v) is 14.6. The van der Waals surface area contributed by atoms with Crippen molar-refractivity contribution in [1.82, 2.24) is 15.0 Å². The minimum Gasteiger partial charge on any atom is -0.497 e. The van der Waals surface area contributed by atoms with Crippen molar-refractivity contribution in [3.63, 3.8) is 0 Å². The lowest BCUT2D eigenvalue weighted by atomic mass is 10.1. The number of nitrogens with zero attached hydrogens (tertiary/aromatic N) is 3. The van der Waals surface area contributed by atoms with Crippen molar-refractivity contribution in [2.75, 3.05) is 7.11 Å². The van der Waals surface area contributed by atoms with E-state index >= 15 is 0 Å². The maximum Gasteiger partial charge on any atom is 0.358 e. The van der Waals surface area contributed by atoms with Gasteiger partial charge in [0.1, 0.15) is 11.4 Å². The van der Waals surface area contributed by atoms with E-state index in [4.69, 9.17) is 27.9 Å². The normalized spacial score (nSPS) is 10.7. The number of hydrogen-bond donors (Lipinski definition) is 1. The van der Waals surface area contributed by atoms with E-state index in [1.165, 1.54) is 4.68 Å². The Morgan fingerprint density at radius 2 is 1.88 bits per heavy atom. The van der Waals surface area contributed by atoms with Crippen LogP contribution >= 0.6 is 23.2 Å². The molecular formula is C17H13Cl2N3O3. The number of aromatic nitrogens is 3. The second-order valence-corrected chi connectivity index (χ2v) is 6.04. The molecule has 0 amide bonds. The Morgan fingerprint density at radius 3 is 2.48 bits per heavy atom. The van der Waals surface area contributed by atoms with Gasteiger partial charge in [-0.3, -0.25) is 0 Å². The van der Waals surface area contributed by atoms with Crippen molar-refractivity contribution >= 4 is 29.2 Å². The first kappa shape index (κ1) is 17.3. The molecule has 3 rings (SSSR count). The van der Waals surface area contributed by atoms with Crippen LogP contribution in [0.4, 0.5) is 0 Å². The molecule has 25 heavy (non-hydrogen) atoms. The van der Waals surface area contributed by atoms with Crippen LogP contribution in [0.5, 0.6) is 5.75 Å². The van der Waals surface area contributed by atoms with Gasteiger partial charge in [-0.05, 0) is 29.8 Å². The Labute approximate surface area is 153 Å². The molecule has 0 spiro atoms. The number of carboxylic acids is 1. The Bertz CT molecular complexity index is 923. The number of rotatable bonds is 5. The van der Waals surface area contributed by atoms with E-state index in [0.717, 1.165) is 11.3 Å². The fraction of sp³-hybridized carbons (Fsp3) is 0.118. The third kappa shape index (κ3) is 3.60. The topological polar surface area (TPSA) is 77.2 Å². The summed E-state index contributed by atoms with van der Waals surface area (Å²) in [6.07, 6.45) is 0. The first-order valence-corrected chi connectivity index (χ1v) is 8.00. The van der Waals surface area contributed by atoms with E-state index in [1.807, 2.05) is 24.3 Å². The van der Waals surface area contributed by atoms with Gasteiger partial charge in [-0.2, -0.15) is 0 Å². The lowest BCUT2D eigenvalue weighted by Gasteiger charge is -2.09. The molecular weight excluding hydrogens is 365 g/mol. The standard InChI is InChI=1S/C17H13Cl2N3O3/c1-25-12-5-2-10(3-6-12)9-22-16(15(17(23)24)20-21-22)11-4-7-13(18)14(19)8-11/h2-8H,9H2,1H3,(H,23,24). The highest BCUT2D eigenvalue weighted by Crippen LogP contribution is 2.30. The van der Waals surface area contributed by atoms with Crippen LogP contribution in [0.3, 0.4) is 0 Å². The van der Waals surface area contributed by atoms with Gasteiger partial charge in [0.15, 0.2) is 5.69 Å². The number of methoxy groups -OCH3 is 1. The highest BCUT2D eigenvalue weighted by Gasteiger charge is 2.21. The van der Waals surface area contributed by atoms with Crippen LogP contribution in [0.2, 0.25) is 10.0 Å². The molecule has 2 aromatic carbocycles. The molecule has 1 heterocycles. The smallest absolute Gasteiger partial charge is 0.358 e. The quantitative estimate of drug-likeness (QED) is 0.726. The lowest BCUT2D eigenvalue weighted by molar-refractivity contribution is 0.0691. The van der Waals surface area contributed by atoms with Gasteiger partial charge in [0.2, 0.25) is 0 Å². The van der Waals surface area contributed by atoms with Crippen LogP contribution in [0.1, 0.15) is 16.1 Å². The number of carboxylic acid groups (broad SMARTS) is 1. The molecule has 0 atom stereocenters. The van der Waals surface area contributed by atoms with Gasteiger partial charge in [0.25, 0.3) is 0 Å². The highest BCUT2D eigenvalue weighted by atomic mass is 35.5. The minimum atomic E-state index is -1.16. The molecule has 0 unspecified atom stereocenters. The fourth-order valence-corrected chi connectivity index (χ4v) is 2.70. The van der Waals surface area contributed by atoms with Crippen LogP contribution < -0.4 is 4.74 Å². The van der Waals surface area contributed by atoms with Crippen molar-refractivity contribution in [1.29, 1.82) is 0 Å². The second-order valence-electron chi connectivity index (χ2n) is 5.23. The molecule has 6 nitrogen and oxygen atoms in total. The van der Waals surface area contributed by atoms with Gasteiger partial charge in [0.05, 0.1) is 23.7 Å². The van der Waals surface area contributed by atoms with E-state index < -0.39 is 5.97 Å². The molecule has 128 valence electrons. The van der Waals surface area contributed by atoms with Crippen molar-refractivity contribution in [2.45, 2.75) is 6.54 Å². The highest BCUT2D eigenvalue weighted by molar-refractivity contribution is 6.42. The predicted molar refractivity (Wildman–Crippen MR) is 94.5 cm³/mol. The number of hydrogen-bond acceptors (Lipinski definition) is 4. The van der Waals surface area contributed by atoms with E-state index in [1.54, 1.807) is 25.3 Å². The first-order chi connectivity index (χ1) is 12.0. The summed E-state index contributed by atoms with van der Waals surface area (Å²) in [4.78, 5) is 11.5. The van der Waals surface area contributed by atoms with Gasteiger partial charge in [-0.1, -0.05) is 46.6 Å². The lowest BCUT2D eigenvalue weighted by Crippen LogP contribution is -2.06. The molecule has 3 aromatic rings. The summed E-state index contributed by atoms with van der Waals surface area (Å²) < 4.78 is 6.65.